The number of alkyl halides is 3. The minimum Gasteiger partial charge on any atom is -0.496 e. The van der Waals surface area contributed by atoms with Crippen LogP contribution in [0.5, 0.6) is 5.75 Å². The summed E-state index contributed by atoms with van der Waals surface area (Å²) in [6, 6.07) is 17.5. The Morgan fingerprint density at radius 3 is 2.35 bits per heavy atom. The maximum atomic E-state index is 13.0. The predicted octanol–water partition coefficient (Wildman–Crippen LogP) is 6.69. The lowest BCUT2D eigenvalue weighted by atomic mass is 10.1. The number of ether oxygens (including phenoxy) is 1. The van der Waals surface area contributed by atoms with Gasteiger partial charge in [0, 0.05) is 28.7 Å². The fraction of sp³-hybridized carbons (Fsp3) is 0.207. The van der Waals surface area contributed by atoms with E-state index < -0.39 is 17.7 Å². The van der Waals surface area contributed by atoms with Crippen LogP contribution in [0.1, 0.15) is 33.5 Å². The zero-order chi connectivity index (χ0) is 28.9. The number of anilines is 2. The monoisotopic (exact) mass is 569 g/mol. The zero-order valence-electron chi connectivity index (χ0n) is 21.7. The van der Waals surface area contributed by atoms with E-state index in [1.54, 1.807) is 36.8 Å². The third-order valence-electron chi connectivity index (χ3n) is 6.10. The van der Waals surface area contributed by atoms with Gasteiger partial charge >= 0.3 is 12.1 Å². The molecule has 40 heavy (non-hydrogen) atoms. The van der Waals surface area contributed by atoms with Crippen LogP contribution in [0.15, 0.2) is 72.1 Å². The summed E-state index contributed by atoms with van der Waals surface area (Å²) < 4.78 is 44.4. The Labute approximate surface area is 232 Å². The van der Waals surface area contributed by atoms with Crippen LogP contribution < -0.4 is 15.0 Å². The smallest absolute Gasteiger partial charge is 0.416 e. The fourth-order valence-corrected chi connectivity index (χ4v) is 4.87. The molecule has 0 aliphatic carbocycles. The van der Waals surface area contributed by atoms with E-state index in [4.69, 9.17) is 14.8 Å². The molecule has 7 nitrogen and oxygen atoms in total. The first-order valence-electron chi connectivity index (χ1n) is 12.2. The van der Waals surface area contributed by atoms with Crippen molar-refractivity contribution in [1.82, 2.24) is 10.3 Å². The lowest BCUT2D eigenvalue weighted by Crippen LogP contribution is -2.26. The van der Waals surface area contributed by atoms with Crippen LogP contribution in [-0.4, -0.2) is 35.6 Å². The number of carboxylic acids is 1. The minimum absolute atomic E-state index is 0.0186. The highest BCUT2D eigenvalue weighted by Gasteiger charge is 2.30. The standard InChI is InChI=1S/C29H26F3N3O4S/c1-18-15-19(3-12-25(18)39-2)16-35(23-10-6-21(7-11-23)27(38)33-14-13-26(36)37)28-34-24(17-40-28)20-4-8-22(9-5-20)29(30,31)32/h3-12,15,17H,13-14,16H2,1-2H3,(H,33,38)(H,36,37). The van der Waals surface area contributed by atoms with Gasteiger partial charge in [0.1, 0.15) is 5.75 Å². The molecule has 2 N–H and O–H groups in total. The summed E-state index contributed by atoms with van der Waals surface area (Å²) >= 11 is 1.35. The summed E-state index contributed by atoms with van der Waals surface area (Å²) in [5, 5.41) is 13.8. The third-order valence-corrected chi connectivity index (χ3v) is 6.96. The number of rotatable bonds is 10. The molecule has 0 radical (unpaired) electrons. The molecule has 4 rings (SSSR count). The van der Waals surface area contributed by atoms with E-state index in [0.29, 0.717) is 28.5 Å². The number of aryl methyl sites for hydroxylation is 1. The first-order valence-corrected chi connectivity index (χ1v) is 13.1. The molecule has 0 fully saturated rings. The van der Waals surface area contributed by atoms with E-state index in [2.05, 4.69) is 5.32 Å². The van der Waals surface area contributed by atoms with Crippen LogP contribution in [-0.2, 0) is 17.5 Å². The van der Waals surface area contributed by atoms with Gasteiger partial charge in [-0.05, 0) is 60.5 Å². The number of halogens is 3. The van der Waals surface area contributed by atoms with Crippen LogP contribution >= 0.6 is 11.3 Å². The number of hydrogen-bond donors (Lipinski definition) is 2. The number of carboxylic acid groups (broad SMARTS) is 1. The lowest BCUT2D eigenvalue weighted by Gasteiger charge is -2.23. The molecule has 0 aliphatic heterocycles. The zero-order valence-corrected chi connectivity index (χ0v) is 22.5. The predicted molar refractivity (Wildman–Crippen MR) is 147 cm³/mol. The molecule has 208 valence electrons. The van der Waals surface area contributed by atoms with Crippen molar-refractivity contribution >= 4 is 34.0 Å². The summed E-state index contributed by atoms with van der Waals surface area (Å²) in [5.74, 6) is -0.629. The molecule has 0 saturated heterocycles. The highest BCUT2D eigenvalue weighted by atomic mass is 32.1. The molecule has 0 unspecified atom stereocenters. The second-order valence-electron chi connectivity index (χ2n) is 8.93. The van der Waals surface area contributed by atoms with Crippen molar-refractivity contribution < 1.29 is 32.6 Å². The third kappa shape index (κ3) is 6.97. The van der Waals surface area contributed by atoms with Crippen LogP contribution in [0, 0.1) is 6.92 Å². The number of nitrogens with one attached hydrogen (secondary N) is 1. The van der Waals surface area contributed by atoms with Crippen molar-refractivity contribution in [2.24, 2.45) is 0 Å². The number of aromatic nitrogens is 1. The summed E-state index contributed by atoms with van der Waals surface area (Å²) in [7, 11) is 1.60. The molecule has 11 heteroatoms. The molecule has 1 heterocycles. The van der Waals surface area contributed by atoms with Gasteiger partial charge in [-0.1, -0.05) is 24.3 Å². The number of amides is 1. The molecule has 0 atom stereocenters. The molecule has 0 bridgehead atoms. The van der Waals surface area contributed by atoms with Gasteiger partial charge in [-0.2, -0.15) is 13.2 Å². The first kappa shape index (κ1) is 28.6. The Morgan fingerprint density at radius 2 is 1.75 bits per heavy atom. The van der Waals surface area contributed by atoms with Gasteiger partial charge in [0.05, 0.1) is 31.3 Å². The molecule has 0 saturated carbocycles. The largest absolute Gasteiger partial charge is 0.496 e. The van der Waals surface area contributed by atoms with Crippen molar-refractivity contribution in [1.29, 1.82) is 0 Å². The van der Waals surface area contributed by atoms with Crippen LogP contribution in [0.3, 0.4) is 0 Å². The van der Waals surface area contributed by atoms with Crippen molar-refractivity contribution in [3.8, 4) is 17.0 Å². The SMILES string of the molecule is COc1ccc(CN(c2ccc(C(=O)NCCC(=O)O)cc2)c2nc(-c3ccc(C(F)(F)F)cc3)cs2)cc1C. The molecular formula is C29H26F3N3O4S. The number of benzene rings is 3. The van der Waals surface area contributed by atoms with Gasteiger partial charge in [-0.3, -0.25) is 9.59 Å². The second kappa shape index (κ2) is 12.2. The van der Waals surface area contributed by atoms with Crippen LogP contribution in [0.25, 0.3) is 11.3 Å². The average Bonchev–Trinajstić information content (AvgIpc) is 3.41. The molecular weight excluding hydrogens is 543 g/mol. The lowest BCUT2D eigenvalue weighted by molar-refractivity contribution is -0.138. The highest BCUT2D eigenvalue weighted by Crippen LogP contribution is 2.36. The second-order valence-corrected chi connectivity index (χ2v) is 9.76. The quantitative estimate of drug-likeness (QED) is 0.221. The highest BCUT2D eigenvalue weighted by molar-refractivity contribution is 7.14. The molecule has 1 aromatic heterocycles. The fourth-order valence-electron chi connectivity index (χ4n) is 4.02. The Morgan fingerprint density at radius 1 is 1.05 bits per heavy atom. The summed E-state index contributed by atoms with van der Waals surface area (Å²) in [4.78, 5) is 29.8. The molecule has 4 aromatic rings. The number of hydrogen-bond acceptors (Lipinski definition) is 6. The topological polar surface area (TPSA) is 91.8 Å². The Hall–Kier alpha value is -4.38. The van der Waals surface area contributed by atoms with E-state index in [9.17, 15) is 22.8 Å². The van der Waals surface area contributed by atoms with Crippen molar-refractivity contribution in [3.63, 3.8) is 0 Å². The number of carbonyl (C=O) groups is 2. The van der Waals surface area contributed by atoms with Crippen LogP contribution in [0.4, 0.5) is 24.0 Å². The average molecular weight is 570 g/mol. The van der Waals surface area contributed by atoms with Crippen molar-refractivity contribution in [2.75, 3.05) is 18.6 Å². The van der Waals surface area contributed by atoms with Gasteiger partial charge < -0.3 is 20.1 Å². The summed E-state index contributed by atoms with van der Waals surface area (Å²) in [6.07, 6.45) is -4.59. The number of nitrogens with zero attached hydrogens (tertiary/aromatic N) is 2. The minimum atomic E-state index is -4.42. The number of carbonyl (C=O) groups excluding carboxylic acids is 1. The Bertz CT molecular complexity index is 1490. The molecule has 0 spiro atoms. The number of aliphatic carboxylic acids is 1. The van der Waals surface area contributed by atoms with E-state index in [-0.39, 0.29) is 18.9 Å². The Balaban J connectivity index is 1.63. The van der Waals surface area contributed by atoms with E-state index >= 15 is 0 Å². The van der Waals surface area contributed by atoms with Gasteiger partial charge in [0.15, 0.2) is 5.13 Å². The number of methoxy groups -OCH3 is 1. The maximum absolute atomic E-state index is 13.0. The van der Waals surface area contributed by atoms with Gasteiger partial charge in [-0.15, -0.1) is 11.3 Å². The van der Waals surface area contributed by atoms with Gasteiger partial charge in [0.2, 0.25) is 0 Å². The van der Waals surface area contributed by atoms with E-state index in [0.717, 1.165) is 34.7 Å². The first-order chi connectivity index (χ1) is 19.0. The normalized spacial score (nSPS) is 11.2. The molecule has 1 amide bonds. The van der Waals surface area contributed by atoms with Crippen LogP contribution in [0.2, 0.25) is 0 Å². The van der Waals surface area contributed by atoms with Gasteiger partial charge in [-0.25, -0.2) is 4.98 Å². The summed E-state index contributed by atoms with van der Waals surface area (Å²) in [6.45, 7) is 2.39. The maximum Gasteiger partial charge on any atom is 0.416 e. The van der Waals surface area contributed by atoms with Crippen molar-refractivity contribution in [2.45, 2.75) is 26.1 Å². The molecule has 0 aliphatic rings. The number of thiazole rings is 1. The summed E-state index contributed by atoms with van der Waals surface area (Å²) in [5.41, 5.74) is 3.42. The van der Waals surface area contributed by atoms with Crippen molar-refractivity contribution in [3.05, 3.63) is 94.4 Å². The van der Waals surface area contributed by atoms with E-state index in [1.807, 2.05) is 30.0 Å². The molecule has 3 aromatic carbocycles. The Kier molecular flexibility index (Phi) is 8.73. The van der Waals surface area contributed by atoms with E-state index in [1.165, 1.54) is 23.5 Å². The van der Waals surface area contributed by atoms with Gasteiger partial charge in [0.25, 0.3) is 5.91 Å².